The van der Waals surface area contributed by atoms with E-state index in [1.165, 1.54) is 28.1 Å². The molecular formula is C19H26N+. The van der Waals surface area contributed by atoms with Gasteiger partial charge in [-0.25, -0.2) is 0 Å². The number of hydrogen-bond donors (Lipinski definition) is 0. The minimum absolute atomic E-state index is 0.228. The van der Waals surface area contributed by atoms with Gasteiger partial charge in [0.2, 0.25) is 5.69 Å². The molecule has 0 fully saturated rings. The highest BCUT2D eigenvalue weighted by Gasteiger charge is 2.26. The lowest BCUT2D eigenvalue weighted by molar-refractivity contribution is -0.667. The van der Waals surface area contributed by atoms with Crippen LogP contribution in [0.3, 0.4) is 0 Å². The van der Waals surface area contributed by atoms with Crippen molar-refractivity contribution in [2.24, 2.45) is 7.05 Å². The monoisotopic (exact) mass is 268 g/mol. The number of rotatable bonds is 3. The van der Waals surface area contributed by atoms with Gasteiger partial charge >= 0.3 is 0 Å². The molecule has 0 radical (unpaired) electrons. The zero-order chi connectivity index (χ0) is 14.9. The number of pyridine rings is 1. The lowest BCUT2D eigenvalue weighted by Crippen LogP contribution is -2.38. The number of benzene rings is 1. The van der Waals surface area contributed by atoms with Crippen LogP contribution < -0.4 is 4.57 Å². The summed E-state index contributed by atoms with van der Waals surface area (Å²) in [5, 5.41) is 0. The molecule has 0 N–H and O–H groups in total. The van der Waals surface area contributed by atoms with Gasteiger partial charge in [0.1, 0.15) is 7.05 Å². The molecule has 0 amide bonds. The predicted octanol–water partition coefficient (Wildman–Crippen LogP) is 4.48. The third kappa shape index (κ3) is 2.49. The molecule has 1 heterocycles. The van der Waals surface area contributed by atoms with Crippen molar-refractivity contribution in [2.75, 3.05) is 0 Å². The molecule has 0 aliphatic rings. The second-order valence-corrected chi connectivity index (χ2v) is 6.33. The SMILES string of the molecule is CCC(C)(C)c1ccc(-c2ccccc2C)[n+](C)c1C. The topological polar surface area (TPSA) is 3.88 Å². The fraction of sp³-hybridized carbons (Fsp3) is 0.421. The summed E-state index contributed by atoms with van der Waals surface area (Å²) in [7, 11) is 2.17. The van der Waals surface area contributed by atoms with Gasteiger partial charge in [0.25, 0.3) is 0 Å². The van der Waals surface area contributed by atoms with Gasteiger partial charge in [0.05, 0.1) is 0 Å². The van der Waals surface area contributed by atoms with Crippen molar-refractivity contribution in [3.05, 3.63) is 53.2 Å². The van der Waals surface area contributed by atoms with Crippen molar-refractivity contribution < 1.29 is 4.57 Å². The van der Waals surface area contributed by atoms with Gasteiger partial charge in [-0.3, -0.25) is 0 Å². The highest BCUT2D eigenvalue weighted by Crippen LogP contribution is 2.30. The zero-order valence-electron chi connectivity index (χ0n) is 13.6. The third-order valence-corrected chi connectivity index (χ3v) is 4.70. The van der Waals surface area contributed by atoms with E-state index in [2.05, 4.69) is 82.6 Å². The summed E-state index contributed by atoms with van der Waals surface area (Å²) >= 11 is 0. The number of aryl methyl sites for hydroxylation is 1. The van der Waals surface area contributed by atoms with Crippen LogP contribution in [-0.4, -0.2) is 0 Å². The second kappa shape index (κ2) is 5.40. The van der Waals surface area contributed by atoms with Gasteiger partial charge < -0.3 is 0 Å². The molecule has 0 unspecified atom stereocenters. The molecule has 1 heteroatoms. The first kappa shape index (κ1) is 14.8. The minimum Gasteiger partial charge on any atom is -0.198 e. The van der Waals surface area contributed by atoms with Gasteiger partial charge in [0, 0.05) is 24.1 Å². The number of nitrogens with zero attached hydrogens (tertiary/aromatic N) is 1. The Balaban J connectivity index is 2.61. The summed E-state index contributed by atoms with van der Waals surface area (Å²) in [6.07, 6.45) is 1.15. The fourth-order valence-electron chi connectivity index (χ4n) is 2.79. The third-order valence-electron chi connectivity index (χ3n) is 4.70. The number of aromatic nitrogens is 1. The van der Waals surface area contributed by atoms with E-state index >= 15 is 0 Å². The van der Waals surface area contributed by atoms with Gasteiger partial charge in [-0.05, 0) is 36.5 Å². The molecule has 0 aliphatic carbocycles. The molecule has 2 rings (SSSR count). The van der Waals surface area contributed by atoms with E-state index in [0.717, 1.165) is 6.42 Å². The smallest absolute Gasteiger partial charge is 0.198 e. The Labute approximate surface area is 123 Å². The molecule has 106 valence electrons. The van der Waals surface area contributed by atoms with Gasteiger partial charge in [-0.15, -0.1) is 0 Å². The van der Waals surface area contributed by atoms with Crippen LogP contribution in [0.5, 0.6) is 0 Å². The summed E-state index contributed by atoms with van der Waals surface area (Å²) in [5.41, 5.74) is 6.96. The summed E-state index contributed by atoms with van der Waals surface area (Å²) in [6.45, 7) is 11.3. The summed E-state index contributed by atoms with van der Waals surface area (Å²) in [6, 6.07) is 13.2. The molecule has 0 saturated carbocycles. The molecule has 1 aromatic heterocycles. The molecule has 0 bridgehead atoms. The molecule has 0 saturated heterocycles. The lowest BCUT2D eigenvalue weighted by Gasteiger charge is -2.24. The van der Waals surface area contributed by atoms with Crippen LogP contribution in [0.4, 0.5) is 0 Å². The Hall–Kier alpha value is -1.63. The first-order chi connectivity index (χ1) is 9.38. The Morgan fingerprint density at radius 2 is 1.65 bits per heavy atom. The first-order valence-corrected chi connectivity index (χ1v) is 7.44. The van der Waals surface area contributed by atoms with Crippen LogP contribution in [0.25, 0.3) is 11.3 Å². The van der Waals surface area contributed by atoms with Crippen molar-refractivity contribution >= 4 is 0 Å². The summed E-state index contributed by atoms with van der Waals surface area (Å²) in [4.78, 5) is 0. The fourth-order valence-corrected chi connectivity index (χ4v) is 2.79. The predicted molar refractivity (Wildman–Crippen MR) is 85.8 cm³/mol. The quantitative estimate of drug-likeness (QED) is 0.722. The van der Waals surface area contributed by atoms with E-state index in [-0.39, 0.29) is 5.41 Å². The van der Waals surface area contributed by atoms with Crippen molar-refractivity contribution in [1.29, 1.82) is 0 Å². The maximum absolute atomic E-state index is 2.33. The summed E-state index contributed by atoms with van der Waals surface area (Å²) < 4.78 is 2.33. The van der Waals surface area contributed by atoms with E-state index in [1.807, 2.05) is 0 Å². The van der Waals surface area contributed by atoms with E-state index < -0.39 is 0 Å². The van der Waals surface area contributed by atoms with Crippen LogP contribution in [0.15, 0.2) is 36.4 Å². The Bertz CT molecular complexity index is 624. The molecular weight excluding hydrogens is 242 g/mol. The maximum atomic E-state index is 2.33. The highest BCUT2D eigenvalue weighted by atomic mass is 14.9. The van der Waals surface area contributed by atoms with Crippen molar-refractivity contribution in [2.45, 2.75) is 46.5 Å². The first-order valence-electron chi connectivity index (χ1n) is 7.44. The Morgan fingerprint density at radius 3 is 2.25 bits per heavy atom. The lowest BCUT2D eigenvalue weighted by atomic mass is 9.81. The van der Waals surface area contributed by atoms with E-state index in [4.69, 9.17) is 0 Å². The zero-order valence-corrected chi connectivity index (χ0v) is 13.6. The van der Waals surface area contributed by atoms with Crippen LogP contribution in [0, 0.1) is 13.8 Å². The molecule has 0 atom stereocenters. The molecule has 0 aliphatic heterocycles. The van der Waals surface area contributed by atoms with Gasteiger partial charge in [-0.1, -0.05) is 39.0 Å². The average molecular weight is 268 g/mol. The van der Waals surface area contributed by atoms with E-state index in [0.29, 0.717) is 0 Å². The van der Waals surface area contributed by atoms with Crippen molar-refractivity contribution in [3.63, 3.8) is 0 Å². The van der Waals surface area contributed by atoms with Crippen LogP contribution in [0.1, 0.15) is 44.0 Å². The van der Waals surface area contributed by atoms with E-state index in [1.54, 1.807) is 0 Å². The molecule has 0 spiro atoms. The largest absolute Gasteiger partial charge is 0.212 e. The molecule has 20 heavy (non-hydrogen) atoms. The maximum Gasteiger partial charge on any atom is 0.212 e. The van der Waals surface area contributed by atoms with Gasteiger partial charge in [0.15, 0.2) is 5.69 Å². The molecule has 1 aromatic carbocycles. The highest BCUT2D eigenvalue weighted by molar-refractivity contribution is 5.61. The van der Waals surface area contributed by atoms with Crippen LogP contribution in [-0.2, 0) is 12.5 Å². The molecule has 2 aromatic rings. The molecule has 1 nitrogen and oxygen atoms in total. The van der Waals surface area contributed by atoms with Crippen molar-refractivity contribution in [3.8, 4) is 11.3 Å². The number of hydrogen-bond acceptors (Lipinski definition) is 0. The summed E-state index contributed by atoms with van der Waals surface area (Å²) in [5.74, 6) is 0. The Kier molecular flexibility index (Phi) is 3.99. The Morgan fingerprint density at radius 1 is 1.00 bits per heavy atom. The normalized spacial score (nSPS) is 11.7. The second-order valence-electron chi connectivity index (χ2n) is 6.33. The minimum atomic E-state index is 0.228. The van der Waals surface area contributed by atoms with Crippen LogP contribution >= 0.6 is 0 Å². The van der Waals surface area contributed by atoms with Crippen molar-refractivity contribution in [1.82, 2.24) is 0 Å². The van der Waals surface area contributed by atoms with E-state index in [9.17, 15) is 0 Å². The van der Waals surface area contributed by atoms with Crippen LogP contribution in [0.2, 0.25) is 0 Å². The van der Waals surface area contributed by atoms with Gasteiger partial charge in [-0.2, -0.15) is 4.57 Å². The average Bonchev–Trinajstić information content (AvgIpc) is 2.42. The standard InChI is InChI=1S/C19H26N/c1-7-19(4,5)17-12-13-18(20(6)15(17)3)16-11-9-8-10-14(16)2/h8-13H,7H2,1-6H3/q+1.